The molecule has 2 aromatic carbocycles. The molecule has 0 saturated heterocycles. The largest absolute Gasteiger partial charge is 0.382 e. The number of nitrogens with one attached hydrogen (secondary N) is 1. The van der Waals surface area contributed by atoms with Gasteiger partial charge in [-0.1, -0.05) is 48.0 Å². The zero-order chi connectivity index (χ0) is 14.9. The van der Waals surface area contributed by atoms with E-state index in [0.717, 1.165) is 34.7 Å². The van der Waals surface area contributed by atoms with E-state index >= 15 is 0 Å². The predicted octanol–water partition coefficient (Wildman–Crippen LogP) is 4.68. The number of aryl methyl sites for hydroxylation is 1. The van der Waals surface area contributed by atoms with Gasteiger partial charge in [0.25, 0.3) is 0 Å². The van der Waals surface area contributed by atoms with Crippen molar-refractivity contribution in [2.45, 2.75) is 31.2 Å². The first-order valence-corrected chi connectivity index (χ1v) is 7.50. The van der Waals surface area contributed by atoms with E-state index in [1.165, 1.54) is 0 Å². The summed E-state index contributed by atoms with van der Waals surface area (Å²) >= 11 is 6.15. The fourth-order valence-corrected chi connectivity index (χ4v) is 3.13. The van der Waals surface area contributed by atoms with Gasteiger partial charge in [0, 0.05) is 16.8 Å². The Morgan fingerprint density at radius 1 is 1.19 bits per heavy atom. The van der Waals surface area contributed by atoms with Crippen LogP contribution in [0.4, 0.5) is 5.69 Å². The van der Waals surface area contributed by atoms with Crippen molar-refractivity contribution in [1.82, 2.24) is 0 Å². The lowest BCUT2D eigenvalue weighted by Gasteiger charge is -2.43. The maximum atomic E-state index is 9.56. The van der Waals surface area contributed by atoms with E-state index in [4.69, 9.17) is 11.6 Å². The van der Waals surface area contributed by atoms with Crippen molar-refractivity contribution in [3.05, 3.63) is 64.7 Å². The van der Waals surface area contributed by atoms with Crippen molar-refractivity contribution in [2.75, 3.05) is 5.32 Å². The standard InChI is InChI=1S/C18H17ClN2/c1-13-7-8-15(9-17(13)19)21-16-10-18(11-16,12-20)14-5-3-2-4-6-14/h2-9,16,21H,10-11H2,1H3. The summed E-state index contributed by atoms with van der Waals surface area (Å²) in [6.45, 7) is 1.99. The number of hydrogen-bond acceptors (Lipinski definition) is 2. The van der Waals surface area contributed by atoms with Crippen LogP contribution in [0.3, 0.4) is 0 Å². The highest BCUT2D eigenvalue weighted by molar-refractivity contribution is 6.31. The van der Waals surface area contributed by atoms with Crippen LogP contribution in [-0.4, -0.2) is 6.04 Å². The molecule has 1 aliphatic carbocycles. The molecule has 1 aliphatic rings. The molecule has 0 aromatic heterocycles. The first-order chi connectivity index (χ1) is 10.1. The maximum Gasteiger partial charge on any atom is 0.0861 e. The highest BCUT2D eigenvalue weighted by Crippen LogP contribution is 2.44. The van der Waals surface area contributed by atoms with Gasteiger partial charge in [-0.15, -0.1) is 0 Å². The molecule has 0 aliphatic heterocycles. The molecular weight excluding hydrogens is 280 g/mol. The minimum Gasteiger partial charge on any atom is -0.382 e. The zero-order valence-corrected chi connectivity index (χ0v) is 12.7. The molecule has 21 heavy (non-hydrogen) atoms. The second-order valence-corrected chi connectivity index (χ2v) is 6.18. The number of benzene rings is 2. The Morgan fingerprint density at radius 3 is 2.52 bits per heavy atom. The van der Waals surface area contributed by atoms with E-state index in [1.807, 2.05) is 55.5 Å². The number of nitriles is 1. The van der Waals surface area contributed by atoms with Crippen LogP contribution >= 0.6 is 11.6 Å². The van der Waals surface area contributed by atoms with Gasteiger partial charge >= 0.3 is 0 Å². The number of anilines is 1. The van der Waals surface area contributed by atoms with Crippen LogP contribution in [0.5, 0.6) is 0 Å². The average Bonchev–Trinajstić information content (AvgIpc) is 2.47. The lowest BCUT2D eigenvalue weighted by atomic mass is 9.62. The van der Waals surface area contributed by atoms with Gasteiger partial charge in [-0.2, -0.15) is 5.26 Å². The second kappa shape index (κ2) is 5.42. The van der Waals surface area contributed by atoms with Gasteiger partial charge in [-0.05, 0) is 43.0 Å². The molecule has 0 atom stereocenters. The molecule has 3 heteroatoms. The van der Waals surface area contributed by atoms with Crippen molar-refractivity contribution in [2.24, 2.45) is 0 Å². The van der Waals surface area contributed by atoms with Crippen molar-refractivity contribution in [3.63, 3.8) is 0 Å². The molecule has 0 amide bonds. The molecule has 0 heterocycles. The smallest absolute Gasteiger partial charge is 0.0861 e. The molecule has 2 aromatic rings. The van der Waals surface area contributed by atoms with E-state index in [2.05, 4.69) is 11.4 Å². The highest BCUT2D eigenvalue weighted by atomic mass is 35.5. The Morgan fingerprint density at radius 2 is 1.90 bits per heavy atom. The minimum atomic E-state index is -0.340. The Hall–Kier alpha value is -1.98. The van der Waals surface area contributed by atoms with Crippen LogP contribution in [-0.2, 0) is 5.41 Å². The fraction of sp³-hybridized carbons (Fsp3) is 0.278. The molecule has 1 fully saturated rings. The lowest BCUT2D eigenvalue weighted by molar-refractivity contribution is 0.289. The monoisotopic (exact) mass is 296 g/mol. The van der Waals surface area contributed by atoms with Gasteiger partial charge in [-0.3, -0.25) is 0 Å². The van der Waals surface area contributed by atoms with Crippen LogP contribution < -0.4 is 5.32 Å². The Kier molecular flexibility index (Phi) is 3.61. The van der Waals surface area contributed by atoms with Gasteiger partial charge < -0.3 is 5.32 Å². The summed E-state index contributed by atoms with van der Waals surface area (Å²) in [5.74, 6) is 0. The summed E-state index contributed by atoms with van der Waals surface area (Å²) in [7, 11) is 0. The summed E-state index contributed by atoms with van der Waals surface area (Å²) in [5.41, 5.74) is 2.88. The summed E-state index contributed by atoms with van der Waals surface area (Å²) in [4.78, 5) is 0. The van der Waals surface area contributed by atoms with Crippen LogP contribution in [0.2, 0.25) is 5.02 Å². The van der Waals surface area contributed by atoms with Gasteiger partial charge in [0.05, 0.1) is 11.5 Å². The van der Waals surface area contributed by atoms with Crippen LogP contribution in [0.1, 0.15) is 24.0 Å². The zero-order valence-electron chi connectivity index (χ0n) is 11.9. The van der Waals surface area contributed by atoms with E-state index in [0.29, 0.717) is 6.04 Å². The minimum absolute atomic E-state index is 0.323. The Labute approximate surface area is 130 Å². The SMILES string of the molecule is Cc1ccc(NC2CC(C#N)(c3ccccc3)C2)cc1Cl. The van der Waals surface area contributed by atoms with E-state index in [-0.39, 0.29) is 5.41 Å². The first-order valence-electron chi connectivity index (χ1n) is 7.12. The van der Waals surface area contributed by atoms with E-state index in [1.54, 1.807) is 0 Å². The predicted molar refractivity (Wildman–Crippen MR) is 86.6 cm³/mol. The number of rotatable bonds is 3. The Bertz CT molecular complexity index is 682. The van der Waals surface area contributed by atoms with E-state index < -0.39 is 0 Å². The van der Waals surface area contributed by atoms with Gasteiger partial charge in [-0.25, -0.2) is 0 Å². The quantitative estimate of drug-likeness (QED) is 0.892. The molecule has 0 unspecified atom stereocenters. The van der Waals surface area contributed by atoms with Crippen LogP contribution in [0, 0.1) is 18.3 Å². The molecular formula is C18H17ClN2. The number of hydrogen-bond donors (Lipinski definition) is 1. The molecule has 2 nitrogen and oxygen atoms in total. The molecule has 1 saturated carbocycles. The van der Waals surface area contributed by atoms with Crippen LogP contribution in [0.15, 0.2) is 48.5 Å². The molecule has 1 N–H and O–H groups in total. The van der Waals surface area contributed by atoms with Gasteiger partial charge in [0.2, 0.25) is 0 Å². The summed E-state index contributed by atoms with van der Waals surface area (Å²) in [6, 6.07) is 18.9. The highest BCUT2D eigenvalue weighted by Gasteiger charge is 2.46. The number of halogens is 1. The Balaban J connectivity index is 1.70. The van der Waals surface area contributed by atoms with Gasteiger partial charge in [0.15, 0.2) is 0 Å². The third-order valence-corrected chi connectivity index (χ3v) is 4.68. The van der Waals surface area contributed by atoms with Crippen molar-refractivity contribution < 1.29 is 0 Å². The number of nitrogens with zero attached hydrogens (tertiary/aromatic N) is 1. The second-order valence-electron chi connectivity index (χ2n) is 5.77. The molecule has 0 spiro atoms. The fourth-order valence-electron chi connectivity index (χ4n) is 2.95. The molecule has 0 radical (unpaired) electrons. The van der Waals surface area contributed by atoms with Crippen molar-refractivity contribution in [1.29, 1.82) is 5.26 Å². The summed E-state index contributed by atoms with van der Waals surface area (Å²) in [5, 5.41) is 13.8. The molecule has 106 valence electrons. The molecule has 0 bridgehead atoms. The summed E-state index contributed by atoms with van der Waals surface area (Å²) < 4.78 is 0. The average molecular weight is 297 g/mol. The summed E-state index contributed by atoms with van der Waals surface area (Å²) in [6.07, 6.45) is 1.66. The van der Waals surface area contributed by atoms with Crippen LogP contribution in [0.25, 0.3) is 0 Å². The third kappa shape index (κ3) is 2.62. The first kappa shape index (κ1) is 14.0. The topological polar surface area (TPSA) is 35.8 Å². The lowest BCUT2D eigenvalue weighted by Crippen LogP contribution is -2.47. The van der Waals surface area contributed by atoms with Crippen molar-refractivity contribution >= 4 is 17.3 Å². The maximum absolute atomic E-state index is 9.56. The normalized spacial score (nSPS) is 24.0. The molecule has 3 rings (SSSR count). The van der Waals surface area contributed by atoms with Gasteiger partial charge in [0.1, 0.15) is 0 Å². The third-order valence-electron chi connectivity index (χ3n) is 4.27. The van der Waals surface area contributed by atoms with E-state index in [9.17, 15) is 5.26 Å². The van der Waals surface area contributed by atoms with Crippen molar-refractivity contribution in [3.8, 4) is 6.07 Å².